The Morgan fingerprint density at radius 1 is 1.08 bits per heavy atom. The molecule has 0 unspecified atom stereocenters. The average molecular weight is 343 g/mol. The van der Waals surface area contributed by atoms with Crippen LogP contribution in [0.2, 0.25) is 0 Å². The van der Waals surface area contributed by atoms with Gasteiger partial charge in [-0.15, -0.1) is 0 Å². The first-order chi connectivity index (χ1) is 11.8. The second kappa shape index (κ2) is 8.01. The first kappa shape index (κ1) is 18.8. The Morgan fingerprint density at radius 2 is 1.72 bits per heavy atom. The fourth-order valence-corrected chi connectivity index (χ4v) is 2.76. The summed E-state index contributed by atoms with van der Waals surface area (Å²) in [5.41, 5.74) is 9.52. The van der Waals surface area contributed by atoms with Crippen molar-refractivity contribution in [1.29, 1.82) is 0 Å². The van der Waals surface area contributed by atoms with Crippen molar-refractivity contribution < 1.29 is 9.18 Å². The topological polar surface area (TPSA) is 49.6 Å². The van der Waals surface area contributed by atoms with E-state index in [0.717, 1.165) is 16.8 Å². The zero-order valence-corrected chi connectivity index (χ0v) is 15.3. The molecule has 1 amide bonds. The van der Waals surface area contributed by atoms with Crippen LogP contribution in [0.1, 0.15) is 25.0 Å². The largest absolute Gasteiger partial charge is 0.399 e. The van der Waals surface area contributed by atoms with Crippen molar-refractivity contribution >= 4 is 17.3 Å². The third-order valence-electron chi connectivity index (χ3n) is 4.04. The molecule has 2 aromatic carbocycles. The molecule has 0 heterocycles. The molecule has 0 spiro atoms. The molecule has 2 N–H and O–H groups in total. The minimum atomic E-state index is -0.281. The van der Waals surface area contributed by atoms with E-state index in [4.69, 9.17) is 5.73 Å². The minimum Gasteiger partial charge on any atom is -0.399 e. The van der Waals surface area contributed by atoms with Crippen molar-refractivity contribution in [3.63, 3.8) is 0 Å². The van der Waals surface area contributed by atoms with E-state index < -0.39 is 0 Å². The van der Waals surface area contributed by atoms with E-state index in [0.29, 0.717) is 18.8 Å². The molecular formula is C20H26FN3O. The van der Waals surface area contributed by atoms with Gasteiger partial charge in [0.05, 0.1) is 0 Å². The summed E-state index contributed by atoms with van der Waals surface area (Å²) in [5, 5.41) is 0. The summed E-state index contributed by atoms with van der Waals surface area (Å²) in [6.07, 6.45) is 0. The van der Waals surface area contributed by atoms with Crippen molar-refractivity contribution in [2.24, 2.45) is 5.92 Å². The van der Waals surface area contributed by atoms with Gasteiger partial charge in [-0.1, -0.05) is 26.0 Å². The standard InChI is InChI=1S/C20H26FN3O/c1-14(2)20(25)24(12-15-5-7-17(21)8-6-15)13-16-11-18(22)9-10-19(16)23(3)4/h5-11,14H,12-13,22H2,1-4H3. The number of amides is 1. The fraction of sp³-hybridized carbons (Fsp3) is 0.350. The molecule has 0 atom stereocenters. The Bertz CT molecular complexity index is 726. The molecule has 5 heteroatoms. The number of anilines is 2. The number of carbonyl (C=O) groups is 1. The molecule has 2 aromatic rings. The quantitative estimate of drug-likeness (QED) is 0.815. The van der Waals surface area contributed by atoms with E-state index >= 15 is 0 Å². The van der Waals surface area contributed by atoms with E-state index in [2.05, 4.69) is 0 Å². The summed E-state index contributed by atoms with van der Waals surface area (Å²) in [6.45, 7) is 4.64. The lowest BCUT2D eigenvalue weighted by molar-refractivity contribution is -0.135. The lowest BCUT2D eigenvalue weighted by atomic mass is 10.1. The number of rotatable bonds is 6. The fourth-order valence-electron chi connectivity index (χ4n) is 2.76. The number of nitrogen functional groups attached to an aromatic ring is 1. The minimum absolute atomic E-state index is 0.0523. The maximum atomic E-state index is 13.1. The second-order valence-electron chi connectivity index (χ2n) is 6.76. The van der Waals surface area contributed by atoms with Crippen LogP contribution in [0, 0.1) is 11.7 Å². The first-order valence-corrected chi connectivity index (χ1v) is 8.37. The third kappa shape index (κ3) is 4.95. The van der Waals surface area contributed by atoms with Gasteiger partial charge < -0.3 is 15.5 Å². The van der Waals surface area contributed by atoms with E-state index in [-0.39, 0.29) is 17.6 Å². The average Bonchev–Trinajstić information content (AvgIpc) is 2.55. The van der Waals surface area contributed by atoms with Crippen LogP contribution < -0.4 is 10.6 Å². The summed E-state index contributed by atoms with van der Waals surface area (Å²) >= 11 is 0. The molecule has 2 rings (SSSR count). The van der Waals surface area contributed by atoms with Crippen LogP contribution in [0.5, 0.6) is 0 Å². The predicted octanol–water partition coefficient (Wildman–Crippen LogP) is 3.66. The highest BCUT2D eigenvalue weighted by molar-refractivity contribution is 5.78. The molecular weight excluding hydrogens is 317 g/mol. The van der Waals surface area contributed by atoms with Crippen LogP contribution in [0.15, 0.2) is 42.5 Å². The van der Waals surface area contributed by atoms with Gasteiger partial charge in [0.2, 0.25) is 5.91 Å². The Balaban J connectivity index is 2.32. The highest BCUT2D eigenvalue weighted by Gasteiger charge is 2.19. The van der Waals surface area contributed by atoms with Crippen LogP contribution in [0.25, 0.3) is 0 Å². The molecule has 4 nitrogen and oxygen atoms in total. The van der Waals surface area contributed by atoms with Gasteiger partial charge in [0.15, 0.2) is 0 Å². The van der Waals surface area contributed by atoms with Gasteiger partial charge in [-0.3, -0.25) is 4.79 Å². The van der Waals surface area contributed by atoms with Gasteiger partial charge in [-0.25, -0.2) is 4.39 Å². The number of hydrogen-bond acceptors (Lipinski definition) is 3. The molecule has 0 aliphatic heterocycles. The third-order valence-corrected chi connectivity index (χ3v) is 4.04. The number of carbonyl (C=O) groups excluding carboxylic acids is 1. The normalized spacial score (nSPS) is 10.8. The second-order valence-corrected chi connectivity index (χ2v) is 6.76. The van der Waals surface area contributed by atoms with Crippen molar-refractivity contribution in [3.8, 4) is 0 Å². The van der Waals surface area contributed by atoms with Crippen LogP contribution in [-0.4, -0.2) is 24.9 Å². The van der Waals surface area contributed by atoms with E-state index in [1.807, 2.05) is 51.0 Å². The number of nitrogens with zero attached hydrogens (tertiary/aromatic N) is 2. The van der Waals surface area contributed by atoms with Gasteiger partial charge in [0.1, 0.15) is 5.82 Å². The molecule has 0 aliphatic carbocycles. The monoisotopic (exact) mass is 343 g/mol. The van der Waals surface area contributed by atoms with Crippen molar-refractivity contribution in [1.82, 2.24) is 4.90 Å². The van der Waals surface area contributed by atoms with Crippen molar-refractivity contribution in [2.45, 2.75) is 26.9 Å². The van der Waals surface area contributed by atoms with Crippen LogP contribution >= 0.6 is 0 Å². The SMILES string of the molecule is CC(C)C(=O)N(Cc1ccc(F)cc1)Cc1cc(N)ccc1N(C)C. The molecule has 0 aliphatic rings. The van der Waals surface area contributed by atoms with Crippen LogP contribution in [0.4, 0.5) is 15.8 Å². The molecule has 0 fully saturated rings. The number of nitrogens with two attached hydrogens (primary N) is 1. The van der Waals surface area contributed by atoms with Gasteiger partial charge >= 0.3 is 0 Å². The van der Waals surface area contributed by atoms with Gasteiger partial charge in [0.25, 0.3) is 0 Å². The maximum absolute atomic E-state index is 13.1. The lowest BCUT2D eigenvalue weighted by Gasteiger charge is -2.27. The van der Waals surface area contributed by atoms with Gasteiger partial charge in [0, 0.05) is 44.5 Å². The molecule has 0 saturated carbocycles. The Morgan fingerprint density at radius 3 is 2.28 bits per heavy atom. The Hall–Kier alpha value is -2.56. The molecule has 0 aromatic heterocycles. The predicted molar refractivity (Wildman–Crippen MR) is 101 cm³/mol. The number of hydrogen-bond donors (Lipinski definition) is 1. The zero-order valence-electron chi connectivity index (χ0n) is 15.3. The molecule has 0 bridgehead atoms. The molecule has 0 saturated heterocycles. The van der Waals surface area contributed by atoms with Crippen molar-refractivity contribution in [2.75, 3.05) is 24.7 Å². The van der Waals surface area contributed by atoms with E-state index in [9.17, 15) is 9.18 Å². The Kier molecular flexibility index (Phi) is 6.02. The van der Waals surface area contributed by atoms with Crippen LogP contribution in [0.3, 0.4) is 0 Å². The molecule has 0 radical (unpaired) electrons. The maximum Gasteiger partial charge on any atom is 0.225 e. The molecule has 134 valence electrons. The lowest BCUT2D eigenvalue weighted by Crippen LogP contribution is -2.33. The summed E-state index contributed by atoms with van der Waals surface area (Å²) in [4.78, 5) is 16.5. The first-order valence-electron chi connectivity index (χ1n) is 8.37. The van der Waals surface area contributed by atoms with Crippen LogP contribution in [-0.2, 0) is 17.9 Å². The summed E-state index contributed by atoms with van der Waals surface area (Å²) in [5.74, 6) is -0.350. The summed E-state index contributed by atoms with van der Waals surface area (Å²) in [6, 6.07) is 12.0. The zero-order chi connectivity index (χ0) is 18.6. The summed E-state index contributed by atoms with van der Waals surface area (Å²) < 4.78 is 13.1. The molecule has 25 heavy (non-hydrogen) atoms. The highest BCUT2D eigenvalue weighted by atomic mass is 19.1. The highest BCUT2D eigenvalue weighted by Crippen LogP contribution is 2.24. The summed E-state index contributed by atoms with van der Waals surface area (Å²) in [7, 11) is 3.92. The Labute approximate surface area is 149 Å². The van der Waals surface area contributed by atoms with E-state index in [1.165, 1.54) is 12.1 Å². The number of halogens is 1. The van der Waals surface area contributed by atoms with Crippen molar-refractivity contribution in [3.05, 3.63) is 59.4 Å². The smallest absolute Gasteiger partial charge is 0.225 e. The van der Waals surface area contributed by atoms with Gasteiger partial charge in [-0.05, 0) is 41.5 Å². The number of benzene rings is 2. The van der Waals surface area contributed by atoms with Gasteiger partial charge in [-0.2, -0.15) is 0 Å². The van der Waals surface area contributed by atoms with E-state index in [1.54, 1.807) is 17.0 Å².